The van der Waals surface area contributed by atoms with E-state index in [0.717, 1.165) is 11.4 Å². The average molecular weight is 293 g/mol. The van der Waals surface area contributed by atoms with E-state index in [0.29, 0.717) is 5.56 Å². The maximum Gasteiger partial charge on any atom is 0.251 e. The fourth-order valence-corrected chi connectivity index (χ4v) is 2.73. The lowest BCUT2D eigenvalue weighted by atomic mass is 10.1. The van der Waals surface area contributed by atoms with Gasteiger partial charge in [-0.25, -0.2) is 0 Å². The zero-order chi connectivity index (χ0) is 15.5. The van der Waals surface area contributed by atoms with E-state index >= 15 is 0 Å². The summed E-state index contributed by atoms with van der Waals surface area (Å²) in [6.45, 7) is 4.03. The second kappa shape index (κ2) is 6.02. The van der Waals surface area contributed by atoms with E-state index in [1.807, 2.05) is 72.6 Å². The molecule has 0 unspecified atom stereocenters. The monoisotopic (exact) mass is 293 g/mol. The molecule has 0 aromatic heterocycles. The molecule has 2 aromatic carbocycles. The molecule has 112 valence electrons. The first-order valence-electron chi connectivity index (χ1n) is 7.42. The standard InChI is InChI=1S/C18H19N3O/c1-13-17(19-18(22)15-9-5-3-6-10-15)14(2)21(20-13)16-11-7-4-8-12-16/h3-12,14,17H,1-2H3,(H,19,22)/t14-,17+/m0/s1. The molecule has 2 atom stereocenters. The Morgan fingerprint density at radius 1 is 1.05 bits per heavy atom. The fourth-order valence-electron chi connectivity index (χ4n) is 2.73. The predicted octanol–water partition coefficient (Wildman–Crippen LogP) is 3.07. The molecule has 1 aliphatic rings. The number of para-hydroxylation sites is 1. The Labute approximate surface area is 130 Å². The van der Waals surface area contributed by atoms with Crippen LogP contribution < -0.4 is 10.3 Å². The minimum absolute atomic E-state index is 0.0677. The Balaban J connectivity index is 1.76. The van der Waals surface area contributed by atoms with E-state index in [2.05, 4.69) is 17.3 Å². The van der Waals surface area contributed by atoms with Crippen molar-refractivity contribution in [1.29, 1.82) is 0 Å². The van der Waals surface area contributed by atoms with Crippen molar-refractivity contribution in [2.45, 2.75) is 25.9 Å². The van der Waals surface area contributed by atoms with Crippen molar-refractivity contribution < 1.29 is 4.79 Å². The van der Waals surface area contributed by atoms with Gasteiger partial charge < -0.3 is 5.32 Å². The van der Waals surface area contributed by atoms with Crippen LogP contribution in [0.3, 0.4) is 0 Å². The second-order valence-electron chi connectivity index (χ2n) is 5.48. The van der Waals surface area contributed by atoms with Crippen LogP contribution in [0.15, 0.2) is 65.8 Å². The van der Waals surface area contributed by atoms with Gasteiger partial charge in [0, 0.05) is 5.56 Å². The molecule has 22 heavy (non-hydrogen) atoms. The third kappa shape index (κ3) is 2.72. The van der Waals surface area contributed by atoms with Crippen LogP contribution in [0.25, 0.3) is 0 Å². The van der Waals surface area contributed by atoms with E-state index in [1.165, 1.54) is 0 Å². The Morgan fingerprint density at radius 3 is 2.27 bits per heavy atom. The van der Waals surface area contributed by atoms with Gasteiger partial charge in [-0.15, -0.1) is 0 Å². The van der Waals surface area contributed by atoms with Gasteiger partial charge >= 0.3 is 0 Å². The van der Waals surface area contributed by atoms with Crippen LogP contribution in [0.2, 0.25) is 0 Å². The Hall–Kier alpha value is -2.62. The van der Waals surface area contributed by atoms with Gasteiger partial charge in [-0.2, -0.15) is 5.10 Å². The lowest BCUT2D eigenvalue weighted by Gasteiger charge is -2.25. The molecule has 4 heteroatoms. The number of hydrogen-bond donors (Lipinski definition) is 1. The molecular formula is C18H19N3O. The molecular weight excluding hydrogens is 274 g/mol. The first-order valence-corrected chi connectivity index (χ1v) is 7.42. The lowest BCUT2D eigenvalue weighted by Crippen LogP contribution is -2.47. The van der Waals surface area contributed by atoms with Crippen LogP contribution in [0.5, 0.6) is 0 Å². The van der Waals surface area contributed by atoms with Crippen molar-refractivity contribution in [3.05, 3.63) is 66.2 Å². The number of carbonyl (C=O) groups is 1. The summed E-state index contributed by atoms with van der Waals surface area (Å²) in [5.74, 6) is -0.0677. The van der Waals surface area contributed by atoms with Crippen LogP contribution >= 0.6 is 0 Å². The van der Waals surface area contributed by atoms with E-state index in [1.54, 1.807) is 0 Å². The summed E-state index contributed by atoms with van der Waals surface area (Å²) < 4.78 is 0. The number of hydrogen-bond acceptors (Lipinski definition) is 3. The van der Waals surface area contributed by atoms with Crippen molar-refractivity contribution in [3.8, 4) is 0 Å². The molecule has 0 aliphatic carbocycles. The molecule has 0 radical (unpaired) electrons. The Morgan fingerprint density at radius 2 is 1.64 bits per heavy atom. The van der Waals surface area contributed by atoms with E-state index in [4.69, 9.17) is 0 Å². The van der Waals surface area contributed by atoms with Gasteiger partial charge in [-0.1, -0.05) is 36.4 Å². The molecule has 1 heterocycles. The number of nitrogens with one attached hydrogen (secondary N) is 1. The first-order chi connectivity index (χ1) is 10.7. The number of nitrogens with zero attached hydrogens (tertiary/aromatic N) is 2. The summed E-state index contributed by atoms with van der Waals surface area (Å²) in [5, 5.41) is 9.65. The number of benzene rings is 2. The molecule has 1 N–H and O–H groups in total. The van der Waals surface area contributed by atoms with E-state index in [-0.39, 0.29) is 18.0 Å². The van der Waals surface area contributed by atoms with Crippen LogP contribution in [0, 0.1) is 0 Å². The Bertz CT molecular complexity index is 682. The number of hydrazone groups is 1. The highest BCUT2D eigenvalue weighted by Crippen LogP contribution is 2.24. The summed E-state index contributed by atoms with van der Waals surface area (Å²) >= 11 is 0. The molecule has 3 rings (SSSR count). The maximum atomic E-state index is 12.4. The highest BCUT2D eigenvalue weighted by atomic mass is 16.1. The van der Waals surface area contributed by atoms with Gasteiger partial charge in [-0.3, -0.25) is 9.80 Å². The zero-order valence-electron chi connectivity index (χ0n) is 12.7. The highest BCUT2D eigenvalue weighted by Gasteiger charge is 2.33. The van der Waals surface area contributed by atoms with Crippen LogP contribution in [0.4, 0.5) is 5.69 Å². The first kappa shape index (κ1) is 14.3. The largest absolute Gasteiger partial charge is 0.342 e. The molecule has 0 spiro atoms. The summed E-state index contributed by atoms with van der Waals surface area (Å²) in [7, 11) is 0. The SMILES string of the molecule is CC1=NN(c2ccccc2)[C@@H](C)[C@@H]1NC(=O)c1ccccc1. The van der Waals surface area contributed by atoms with Gasteiger partial charge in [0.15, 0.2) is 0 Å². The minimum atomic E-state index is -0.0899. The predicted molar refractivity (Wildman–Crippen MR) is 89.2 cm³/mol. The summed E-state index contributed by atoms with van der Waals surface area (Å²) in [6.07, 6.45) is 0. The number of amides is 1. The van der Waals surface area contributed by atoms with Gasteiger partial charge in [-0.05, 0) is 38.1 Å². The summed E-state index contributed by atoms with van der Waals surface area (Å²) in [6, 6.07) is 19.3. The molecule has 0 saturated heterocycles. The van der Waals surface area contributed by atoms with Crippen molar-refractivity contribution in [2.24, 2.45) is 5.10 Å². The van der Waals surface area contributed by atoms with Crippen LogP contribution in [-0.2, 0) is 0 Å². The van der Waals surface area contributed by atoms with Gasteiger partial charge in [0.1, 0.15) is 0 Å². The number of rotatable bonds is 3. The molecule has 0 bridgehead atoms. The zero-order valence-corrected chi connectivity index (χ0v) is 12.7. The summed E-state index contributed by atoms with van der Waals surface area (Å²) in [5.41, 5.74) is 2.62. The molecule has 2 aromatic rings. The second-order valence-corrected chi connectivity index (χ2v) is 5.48. The number of carbonyl (C=O) groups excluding carboxylic acids is 1. The molecule has 1 amide bonds. The van der Waals surface area contributed by atoms with Crippen molar-refractivity contribution >= 4 is 17.3 Å². The maximum absolute atomic E-state index is 12.4. The van der Waals surface area contributed by atoms with Crippen molar-refractivity contribution in [2.75, 3.05) is 5.01 Å². The smallest absolute Gasteiger partial charge is 0.251 e. The minimum Gasteiger partial charge on any atom is -0.342 e. The quantitative estimate of drug-likeness (QED) is 0.945. The fraction of sp³-hybridized carbons (Fsp3) is 0.222. The van der Waals surface area contributed by atoms with E-state index < -0.39 is 0 Å². The van der Waals surface area contributed by atoms with E-state index in [9.17, 15) is 4.79 Å². The highest BCUT2D eigenvalue weighted by molar-refractivity contribution is 6.00. The molecule has 1 aliphatic heterocycles. The third-order valence-electron chi connectivity index (χ3n) is 3.93. The number of anilines is 1. The summed E-state index contributed by atoms with van der Waals surface area (Å²) in [4.78, 5) is 12.4. The van der Waals surface area contributed by atoms with Crippen LogP contribution in [-0.4, -0.2) is 23.7 Å². The molecule has 4 nitrogen and oxygen atoms in total. The Kier molecular flexibility index (Phi) is 3.92. The average Bonchev–Trinajstić information content (AvgIpc) is 2.84. The van der Waals surface area contributed by atoms with Gasteiger partial charge in [0.2, 0.25) is 0 Å². The van der Waals surface area contributed by atoms with Crippen molar-refractivity contribution in [1.82, 2.24) is 5.32 Å². The topological polar surface area (TPSA) is 44.7 Å². The van der Waals surface area contributed by atoms with Crippen LogP contribution in [0.1, 0.15) is 24.2 Å². The van der Waals surface area contributed by atoms with Gasteiger partial charge in [0.05, 0.1) is 23.5 Å². The van der Waals surface area contributed by atoms with Crippen molar-refractivity contribution in [3.63, 3.8) is 0 Å². The molecule has 0 saturated carbocycles. The normalized spacial score (nSPS) is 20.6. The lowest BCUT2D eigenvalue weighted by molar-refractivity contribution is 0.0944. The molecule has 0 fully saturated rings. The third-order valence-corrected chi connectivity index (χ3v) is 3.93. The van der Waals surface area contributed by atoms with Gasteiger partial charge in [0.25, 0.3) is 5.91 Å².